The van der Waals surface area contributed by atoms with Gasteiger partial charge in [-0.3, -0.25) is 9.67 Å². The summed E-state index contributed by atoms with van der Waals surface area (Å²) in [6.07, 6.45) is 3.41. The van der Waals surface area contributed by atoms with Gasteiger partial charge in [0.2, 0.25) is 0 Å². The molecular formula is C14H12ClN3O. The van der Waals surface area contributed by atoms with Crippen LogP contribution in [-0.4, -0.2) is 21.9 Å². The molecule has 19 heavy (non-hydrogen) atoms. The molecule has 0 saturated carbocycles. The van der Waals surface area contributed by atoms with Crippen molar-refractivity contribution in [3.05, 3.63) is 53.3 Å². The van der Waals surface area contributed by atoms with E-state index >= 15 is 0 Å². The fourth-order valence-electron chi connectivity index (χ4n) is 2.00. The van der Waals surface area contributed by atoms with Gasteiger partial charge in [-0.25, -0.2) is 0 Å². The molecule has 0 N–H and O–H groups in total. The molecular weight excluding hydrogens is 262 g/mol. The van der Waals surface area contributed by atoms with Crippen molar-refractivity contribution < 1.29 is 4.74 Å². The summed E-state index contributed by atoms with van der Waals surface area (Å²) in [5, 5.41) is 5.00. The van der Waals surface area contributed by atoms with Crippen LogP contribution in [0.15, 0.2) is 42.7 Å². The summed E-state index contributed by atoms with van der Waals surface area (Å²) in [6.45, 7) is 0.652. The van der Waals surface area contributed by atoms with E-state index in [0.29, 0.717) is 11.6 Å². The summed E-state index contributed by atoms with van der Waals surface area (Å²) in [5.74, 6) is 0.841. The fraction of sp³-hybridized carbons (Fsp3) is 0.143. The normalized spacial score (nSPS) is 10.8. The third-order valence-electron chi connectivity index (χ3n) is 2.97. The maximum Gasteiger partial charge on any atom is 0.118 e. The molecule has 0 radical (unpaired) electrons. The number of benzene rings is 1. The van der Waals surface area contributed by atoms with Crippen LogP contribution in [-0.2, 0) is 6.54 Å². The molecule has 2 heterocycles. The van der Waals surface area contributed by atoms with Gasteiger partial charge in [0.15, 0.2) is 0 Å². The first-order valence-corrected chi connectivity index (χ1v) is 6.24. The van der Waals surface area contributed by atoms with Crippen molar-refractivity contribution in [3.8, 4) is 5.75 Å². The van der Waals surface area contributed by atoms with E-state index in [4.69, 9.17) is 16.3 Å². The molecule has 0 aliphatic rings. The van der Waals surface area contributed by atoms with E-state index in [-0.39, 0.29) is 0 Å². The second kappa shape index (κ2) is 4.90. The first-order chi connectivity index (χ1) is 9.28. The quantitative estimate of drug-likeness (QED) is 0.736. The minimum Gasteiger partial charge on any atom is -0.497 e. The lowest BCUT2D eigenvalue weighted by Gasteiger charge is -2.06. The van der Waals surface area contributed by atoms with Crippen LogP contribution >= 0.6 is 11.6 Å². The zero-order valence-electron chi connectivity index (χ0n) is 10.4. The minimum atomic E-state index is 0.652. The molecule has 0 fully saturated rings. The number of hydrogen-bond donors (Lipinski definition) is 0. The SMILES string of the molecule is COc1ccc(Cn2ncc3nccc(Cl)c32)cc1. The summed E-state index contributed by atoms with van der Waals surface area (Å²) in [5.41, 5.74) is 2.80. The van der Waals surface area contributed by atoms with Crippen molar-refractivity contribution in [3.63, 3.8) is 0 Å². The second-order valence-corrected chi connectivity index (χ2v) is 4.58. The number of fused-ring (bicyclic) bond motifs is 1. The topological polar surface area (TPSA) is 39.9 Å². The van der Waals surface area contributed by atoms with E-state index < -0.39 is 0 Å². The highest BCUT2D eigenvalue weighted by Gasteiger charge is 2.08. The van der Waals surface area contributed by atoms with Gasteiger partial charge in [0, 0.05) is 6.20 Å². The molecule has 2 aromatic heterocycles. The molecule has 0 amide bonds. The van der Waals surface area contributed by atoms with Crippen LogP contribution in [0.4, 0.5) is 0 Å². The number of halogens is 1. The van der Waals surface area contributed by atoms with Gasteiger partial charge in [-0.1, -0.05) is 23.7 Å². The maximum atomic E-state index is 6.20. The van der Waals surface area contributed by atoms with Crippen LogP contribution in [0.3, 0.4) is 0 Å². The van der Waals surface area contributed by atoms with Gasteiger partial charge in [0.25, 0.3) is 0 Å². The van der Waals surface area contributed by atoms with Gasteiger partial charge in [0.1, 0.15) is 16.8 Å². The molecule has 0 unspecified atom stereocenters. The lowest BCUT2D eigenvalue weighted by atomic mass is 10.2. The van der Waals surface area contributed by atoms with Crippen LogP contribution < -0.4 is 4.74 Å². The Morgan fingerprint density at radius 2 is 2.00 bits per heavy atom. The molecule has 96 valence electrons. The van der Waals surface area contributed by atoms with E-state index in [1.54, 1.807) is 25.6 Å². The first-order valence-electron chi connectivity index (χ1n) is 5.87. The lowest BCUT2D eigenvalue weighted by Crippen LogP contribution is -2.01. The molecule has 1 aromatic carbocycles. The molecule has 0 bridgehead atoms. The minimum absolute atomic E-state index is 0.652. The Hall–Kier alpha value is -2.07. The standard InChI is InChI=1S/C14H12ClN3O/c1-19-11-4-2-10(3-5-11)9-18-14-12(15)6-7-16-13(14)8-17-18/h2-8H,9H2,1H3. The largest absolute Gasteiger partial charge is 0.497 e. The lowest BCUT2D eigenvalue weighted by molar-refractivity contribution is 0.414. The Bertz CT molecular complexity index is 706. The molecule has 0 aliphatic carbocycles. The summed E-state index contributed by atoms with van der Waals surface area (Å²) >= 11 is 6.20. The van der Waals surface area contributed by atoms with Crippen molar-refractivity contribution in [2.45, 2.75) is 6.54 Å². The number of aromatic nitrogens is 3. The Morgan fingerprint density at radius 3 is 2.74 bits per heavy atom. The molecule has 5 heteroatoms. The van der Waals surface area contributed by atoms with E-state index in [1.807, 2.05) is 28.9 Å². The molecule has 3 aromatic rings. The van der Waals surface area contributed by atoms with Crippen LogP contribution in [0.1, 0.15) is 5.56 Å². The van der Waals surface area contributed by atoms with Gasteiger partial charge in [-0.2, -0.15) is 5.10 Å². The Morgan fingerprint density at radius 1 is 1.21 bits per heavy atom. The summed E-state index contributed by atoms with van der Waals surface area (Å²) in [7, 11) is 1.65. The number of pyridine rings is 1. The monoisotopic (exact) mass is 273 g/mol. The van der Waals surface area contributed by atoms with Crippen molar-refractivity contribution in [1.29, 1.82) is 0 Å². The van der Waals surface area contributed by atoms with Gasteiger partial charge in [0.05, 0.1) is 24.9 Å². The van der Waals surface area contributed by atoms with Gasteiger partial charge in [-0.15, -0.1) is 0 Å². The van der Waals surface area contributed by atoms with Crippen LogP contribution in [0.5, 0.6) is 5.75 Å². The molecule has 0 atom stereocenters. The maximum absolute atomic E-state index is 6.20. The molecule has 0 saturated heterocycles. The first kappa shape index (κ1) is 12.0. The zero-order chi connectivity index (χ0) is 13.2. The second-order valence-electron chi connectivity index (χ2n) is 4.18. The Balaban J connectivity index is 1.96. The number of methoxy groups -OCH3 is 1. The predicted molar refractivity (Wildman–Crippen MR) is 74.6 cm³/mol. The Labute approximate surface area is 115 Å². The van der Waals surface area contributed by atoms with Gasteiger partial charge >= 0.3 is 0 Å². The molecule has 0 spiro atoms. The summed E-state index contributed by atoms with van der Waals surface area (Å²) in [6, 6.07) is 9.66. The van der Waals surface area contributed by atoms with E-state index in [2.05, 4.69) is 10.1 Å². The highest BCUT2D eigenvalue weighted by molar-refractivity contribution is 6.34. The number of rotatable bonds is 3. The highest BCUT2D eigenvalue weighted by atomic mass is 35.5. The number of hydrogen-bond acceptors (Lipinski definition) is 3. The summed E-state index contributed by atoms with van der Waals surface area (Å²) in [4.78, 5) is 4.24. The van der Waals surface area contributed by atoms with Crippen molar-refractivity contribution in [1.82, 2.24) is 14.8 Å². The number of ether oxygens (including phenoxy) is 1. The fourth-order valence-corrected chi connectivity index (χ4v) is 2.25. The Kier molecular flexibility index (Phi) is 3.09. The van der Waals surface area contributed by atoms with Crippen LogP contribution in [0.2, 0.25) is 5.02 Å². The van der Waals surface area contributed by atoms with Gasteiger partial charge in [-0.05, 0) is 23.8 Å². The third kappa shape index (κ3) is 2.27. The molecule has 3 rings (SSSR count). The average molecular weight is 274 g/mol. The van der Waals surface area contributed by atoms with E-state index in [1.165, 1.54) is 0 Å². The van der Waals surface area contributed by atoms with Crippen LogP contribution in [0, 0.1) is 0 Å². The predicted octanol–water partition coefficient (Wildman–Crippen LogP) is 3.14. The van der Waals surface area contributed by atoms with Crippen LogP contribution in [0.25, 0.3) is 11.0 Å². The number of nitrogens with zero attached hydrogens (tertiary/aromatic N) is 3. The van der Waals surface area contributed by atoms with Crippen molar-refractivity contribution in [2.75, 3.05) is 7.11 Å². The van der Waals surface area contributed by atoms with Crippen molar-refractivity contribution >= 4 is 22.6 Å². The average Bonchev–Trinajstić information content (AvgIpc) is 2.84. The van der Waals surface area contributed by atoms with E-state index in [9.17, 15) is 0 Å². The smallest absolute Gasteiger partial charge is 0.118 e. The van der Waals surface area contributed by atoms with E-state index in [0.717, 1.165) is 22.3 Å². The summed E-state index contributed by atoms with van der Waals surface area (Å²) < 4.78 is 6.99. The zero-order valence-corrected chi connectivity index (χ0v) is 11.1. The third-order valence-corrected chi connectivity index (χ3v) is 3.28. The molecule has 0 aliphatic heterocycles. The molecule has 4 nitrogen and oxygen atoms in total. The van der Waals surface area contributed by atoms with Crippen molar-refractivity contribution in [2.24, 2.45) is 0 Å². The van der Waals surface area contributed by atoms with Gasteiger partial charge < -0.3 is 4.74 Å². The highest BCUT2D eigenvalue weighted by Crippen LogP contribution is 2.22.